The number of hydrogen-bond donors (Lipinski definition) is 6. The molecule has 4 heterocycles. The van der Waals surface area contributed by atoms with E-state index in [1.165, 1.54) is 4.90 Å². The first kappa shape index (κ1) is 49.1. The number of benzene rings is 1. The Morgan fingerprint density at radius 3 is 1.79 bits per heavy atom. The summed E-state index contributed by atoms with van der Waals surface area (Å²) >= 11 is 0. The van der Waals surface area contributed by atoms with Crippen LogP contribution in [0.5, 0.6) is 0 Å². The molecule has 346 valence electrons. The molecule has 21 nitrogen and oxygen atoms in total. The number of likely N-dealkylation sites (tertiary alicyclic amines) is 1. The second-order valence-corrected chi connectivity index (χ2v) is 16.7. The van der Waals surface area contributed by atoms with Gasteiger partial charge in [-0.2, -0.15) is 0 Å². The van der Waals surface area contributed by atoms with Crippen LogP contribution >= 0.6 is 0 Å². The third-order valence-corrected chi connectivity index (χ3v) is 12.1. The molecule has 6 N–H and O–H groups in total. The average molecular weight is 883 g/mol. The van der Waals surface area contributed by atoms with Crippen molar-refractivity contribution in [2.45, 2.75) is 38.2 Å². The van der Waals surface area contributed by atoms with E-state index in [-0.39, 0.29) is 38.0 Å². The molecule has 0 bridgehead atoms. The van der Waals surface area contributed by atoms with E-state index in [1.54, 1.807) is 33.9 Å². The Kier molecular flexibility index (Phi) is 18.4. The smallest absolute Gasteiger partial charge is 0.475 e. The van der Waals surface area contributed by atoms with Crippen molar-refractivity contribution in [1.29, 1.82) is 0 Å². The number of amides is 3. The van der Waals surface area contributed by atoms with Gasteiger partial charge < -0.3 is 45.4 Å². The Bertz CT molecular complexity index is 1870. The number of piperazine rings is 1. The predicted octanol–water partition coefficient (Wildman–Crippen LogP) is -2.20. The Morgan fingerprint density at radius 1 is 0.746 bits per heavy atom. The molecule has 22 heteroatoms. The van der Waals surface area contributed by atoms with Crippen LogP contribution in [0.3, 0.4) is 0 Å². The first-order chi connectivity index (χ1) is 30.1. The highest BCUT2D eigenvalue weighted by atomic mass is 16.4. The van der Waals surface area contributed by atoms with Crippen molar-refractivity contribution in [3.63, 3.8) is 0 Å². The van der Waals surface area contributed by atoms with Gasteiger partial charge in [-0.3, -0.25) is 58.3 Å². The van der Waals surface area contributed by atoms with E-state index in [1.807, 2.05) is 35.0 Å². The molecular formula is C41H63BN10O11. The number of fused-ring (bicyclic) bond motifs is 1. The molecule has 3 saturated heterocycles. The summed E-state index contributed by atoms with van der Waals surface area (Å²) in [6.07, 6.45) is 3.52. The lowest BCUT2D eigenvalue weighted by atomic mass is 9.78. The molecule has 2 atom stereocenters. The highest BCUT2D eigenvalue weighted by Crippen LogP contribution is 2.24. The summed E-state index contributed by atoms with van der Waals surface area (Å²) < 4.78 is 0. The monoisotopic (exact) mass is 882 g/mol. The van der Waals surface area contributed by atoms with Gasteiger partial charge in [0.15, 0.2) is 0 Å². The van der Waals surface area contributed by atoms with Crippen LogP contribution in [0, 0.1) is 0 Å². The van der Waals surface area contributed by atoms with Crippen molar-refractivity contribution < 1.29 is 54.1 Å². The number of carbonyl (C=O) groups excluding carboxylic acids is 3. The van der Waals surface area contributed by atoms with E-state index in [2.05, 4.69) is 20.1 Å². The van der Waals surface area contributed by atoms with Gasteiger partial charge in [-0.05, 0) is 57.0 Å². The number of aromatic nitrogens is 1. The molecule has 3 fully saturated rings. The van der Waals surface area contributed by atoms with E-state index >= 15 is 0 Å². The minimum atomic E-state index is -1.65. The summed E-state index contributed by atoms with van der Waals surface area (Å²) in [5.74, 6) is -4.59. The van der Waals surface area contributed by atoms with Crippen molar-refractivity contribution in [1.82, 2.24) is 44.6 Å². The molecular weight excluding hydrogens is 819 g/mol. The van der Waals surface area contributed by atoms with Gasteiger partial charge in [-0.25, -0.2) is 0 Å². The number of rotatable bonds is 17. The Hall–Kier alpha value is -4.97. The topological polar surface area (TPSA) is 254 Å². The van der Waals surface area contributed by atoms with Gasteiger partial charge >= 0.3 is 25.0 Å². The highest BCUT2D eigenvalue weighted by Gasteiger charge is 2.38. The third-order valence-electron chi connectivity index (χ3n) is 12.1. The van der Waals surface area contributed by atoms with Gasteiger partial charge in [0, 0.05) is 116 Å². The number of carbonyl (C=O) groups is 6. The van der Waals surface area contributed by atoms with Crippen LogP contribution in [0.1, 0.15) is 36.5 Å². The number of nitrogens with one attached hydrogen (secondary N) is 1. The van der Waals surface area contributed by atoms with Gasteiger partial charge in [-0.15, -0.1) is 0 Å². The molecule has 0 unspecified atom stereocenters. The summed E-state index contributed by atoms with van der Waals surface area (Å²) in [6.45, 7) is 8.07. The molecule has 3 aliphatic rings. The maximum Gasteiger partial charge on any atom is 0.475 e. The zero-order chi connectivity index (χ0) is 45.6. The van der Waals surface area contributed by atoms with Gasteiger partial charge in [0.05, 0.1) is 43.2 Å². The summed E-state index contributed by atoms with van der Waals surface area (Å²) in [5.41, 5.74) is 1.89. The van der Waals surface area contributed by atoms with Crippen LogP contribution < -0.4 is 10.2 Å². The van der Waals surface area contributed by atoms with Crippen LogP contribution in [0.25, 0.3) is 10.9 Å². The molecule has 63 heavy (non-hydrogen) atoms. The zero-order valence-electron chi connectivity index (χ0n) is 36.4. The van der Waals surface area contributed by atoms with Crippen LogP contribution in [-0.2, 0) is 24.0 Å². The van der Waals surface area contributed by atoms with E-state index in [4.69, 9.17) is 0 Å². The van der Waals surface area contributed by atoms with Gasteiger partial charge in [-0.1, -0.05) is 0 Å². The highest BCUT2D eigenvalue weighted by molar-refractivity contribution is 6.43. The Labute approximate surface area is 367 Å². The predicted molar refractivity (Wildman–Crippen MR) is 233 cm³/mol. The lowest BCUT2D eigenvalue weighted by Gasteiger charge is -2.37. The third kappa shape index (κ3) is 14.8. The molecule has 1 aromatic carbocycles. The molecule has 3 aliphatic heterocycles. The minimum Gasteiger partial charge on any atom is -0.480 e. The molecule has 0 spiro atoms. The van der Waals surface area contributed by atoms with Crippen LogP contribution in [0.2, 0.25) is 0 Å². The van der Waals surface area contributed by atoms with Crippen LogP contribution in [-0.4, -0.2) is 251 Å². The molecule has 0 aliphatic carbocycles. The van der Waals surface area contributed by atoms with E-state index in [0.29, 0.717) is 114 Å². The fraction of sp³-hybridized carbons (Fsp3) is 0.634. The van der Waals surface area contributed by atoms with Crippen molar-refractivity contribution in [2.75, 3.05) is 136 Å². The number of carboxylic acid groups (broad SMARTS) is 3. The number of nitrogens with zero attached hydrogens (tertiary/aromatic N) is 9. The zero-order valence-corrected chi connectivity index (χ0v) is 36.4. The van der Waals surface area contributed by atoms with E-state index < -0.39 is 42.9 Å². The van der Waals surface area contributed by atoms with E-state index in [9.17, 15) is 54.1 Å². The normalized spacial score (nSPS) is 19.8. The van der Waals surface area contributed by atoms with E-state index in [0.717, 1.165) is 25.2 Å². The fourth-order valence-corrected chi connectivity index (χ4v) is 8.49. The number of hydrogen-bond acceptors (Lipinski definition) is 15. The largest absolute Gasteiger partial charge is 0.480 e. The molecule has 5 rings (SSSR count). The first-order valence-electron chi connectivity index (χ1n) is 21.7. The van der Waals surface area contributed by atoms with Crippen molar-refractivity contribution in [2.24, 2.45) is 0 Å². The summed E-state index contributed by atoms with van der Waals surface area (Å²) in [7, 11) is 0.331. The quantitative estimate of drug-likeness (QED) is 0.0923. The van der Waals surface area contributed by atoms with Crippen LogP contribution in [0.15, 0.2) is 30.5 Å². The van der Waals surface area contributed by atoms with Crippen molar-refractivity contribution in [3.05, 3.63) is 36.0 Å². The minimum absolute atomic E-state index is 0.0506. The summed E-state index contributed by atoms with van der Waals surface area (Å²) in [4.78, 5) is 94.2. The first-order valence-corrected chi connectivity index (χ1v) is 21.7. The SMILES string of the molecule is C[C@@H](NC(=O)c1ccnc2ccc(N(C)CCCN3CCN(C(=O)CN4CCN(CC(=O)O)CCN(CC(=O)O)CCN(CC(=O)O)CC4)CC3)cc12)C(=O)N1CCC[C@H]1B(O)O. The Morgan fingerprint density at radius 2 is 1.27 bits per heavy atom. The second-order valence-electron chi connectivity index (χ2n) is 16.7. The maximum atomic E-state index is 13.6. The van der Waals surface area contributed by atoms with Crippen LogP contribution in [0.4, 0.5) is 5.69 Å². The molecule has 1 aromatic heterocycles. The van der Waals surface area contributed by atoms with Gasteiger partial charge in [0.25, 0.3) is 5.91 Å². The molecule has 0 radical (unpaired) electrons. The fourth-order valence-electron chi connectivity index (χ4n) is 8.49. The average Bonchev–Trinajstić information content (AvgIpc) is 3.74. The van der Waals surface area contributed by atoms with Crippen molar-refractivity contribution >= 4 is 59.3 Å². The van der Waals surface area contributed by atoms with Gasteiger partial charge in [0.2, 0.25) is 11.8 Å². The number of pyridine rings is 1. The number of anilines is 1. The summed E-state index contributed by atoms with van der Waals surface area (Å²) in [5, 5.41) is 51.3. The van der Waals surface area contributed by atoms with Gasteiger partial charge in [0.1, 0.15) is 6.04 Å². The molecule has 0 saturated carbocycles. The maximum absolute atomic E-state index is 13.6. The number of aliphatic carboxylic acids is 3. The standard InChI is InChI=1S/C41H63BN10O11/c1-30(41(61)52-12-3-5-35(52)42(62)63)44-40(60)32-8-9-43-34-7-6-31(25-33(32)34)45(2)10-4-11-46-21-23-51(24-22-46)36(53)26-47-13-15-48(27-37(54)55)17-19-50(29-39(58)59)20-18-49(16-14-47)28-38(56)57/h6-9,25,30,35,62-63H,3-5,10-24,26-29H2,1-2H3,(H,44,60)(H,54,55)(H,56,57)(H,58,59)/t30-,35+/m1/s1. The lowest BCUT2D eigenvalue weighted by Crippen LogP contribution is -2.53. The summed E-state index contributed by atoms with van der Waals surface area (Å²) in [6, 6.07) is 6.45. The second kappa shape index (κ2) is 23.6. The number of carboxylic acids is 3. The Balaban J connectivity index is 1.11. The molecule has 2 aromatic rings. The van der Waals surface area contributed by atoms with Crippen molar-refractivity contribution in [3.8, 4) is 0 Å². The lowest BCUT2D eigenvalue weighted by molar-refractivity contribution is -0.141. The molecule has 3 amide bonds.